The van der Waals surface area contributed by atoms with Crippen LogP contribution >= 0.6 is 0 Å². The molecule has 0 radical (unpaired) electrons. The second-order valence-corrected chi connectivity index (χ2v) is 5.65. The Labute approximate surface area is 146 Å². The van der Waals surface area contributed by atoms with Gasteiger partial charge in [0.25, 0.3) is 0 Å². The minimum Gasteiger partial charge on any atom is -0.406 e. The molecule has 0 aliphatic rings. The minimum absolute atomic E-state index is 0.00708. The van der Waals surface area contributed by atoms with Gasteiger partial charge in [0.2, 0.25) is 0 Å². The van der Waals surface area contributed by atoms with E-state index in [-0.39, 0.29) is 23.0 Å². The Morgan fingerprint density at radius 2 is 2.00 bits per heavy atom. The van der Waals surface area contributed by atoms with Crippen LogP contribution in [-0.2, 0) is 0 Å². The molecular weight excluding hydrogens is 354 g/mol. The van der Waals surface area contributed by atoms with E-state index in [9.17, 15) is 22.4 Å². The maximum Gasteiger partial charge on any atom is 0.573 e. The van der Waals surface area contributed by atoms with Crippen molar-refractivity contribution in [1.29, 1.82) is 5.41 Å². The zero-order valence-corrected chi connectivity index (χ0v) is 13.8. The largest absolute Gasteiger partial charge is 0.573 e. The van der Waals surface area contributed by atoms with Gasteiger partial charge in [0.15, 0.2) is 6.29 Å². The minimum atomic E-state index is -4.94. The number of anilines is 1. The average Bonchev–Trinajstić information content (AvgIpc) is 2.54. The summed E-state index contributed by atoms with van der Waals surface area (Å²) in [6.45, 7) is 3.61. The lowest BCUT2D eigenvalue weighted by atomic mass is 10.0. The van der Waals surface area contributed by atoms with E-state index >= 15 is 0 Å². The molecule has 0 unspecified atom stereocenters. The number of rotatable bonds is 6. The number of benzene rings is 1. The first-order chi connectivity index (χ1) is 12.1. The fourth-order valence-electron chi connectivity index (χ4n) is 2.19. The predicted molar refractivity (Wildman–Crippen MR) is 87.4 cm³/mol. The van der Waals surface area contributed by atoms with Crippen LogP contribution in [0.25, 0.3) is 0 Å². The molecule has 2 rings (SSSR count). The first-order valence-corrected chi connectivity index (χ1v) is 7.47. The number of halogens is 4. The number of hydrogen-bond acceptors (Lipinski definition) is 5. The molecule has 5 nitrogen and oxygen atoms in total. The summed E-state index contributed by atoms with van der Waals surface area (Å²) in [6.07, 6.45) is -3.19. The predicted octanol–water partition coefficient (Wildman–Crippen LogP) is 4.17. The first-order valence-electron chi connectivity index (χ1n) is 7.47. The smallest absolute Gasteiger partial charge is 0.406 e. The molecule has 0 bridgehead atoms. The Morgan fingerprint density at radius 1 is 1.31 bits per heavy atom. The van der Waals surface area contributed by atoms with E-state index in [1.54, 1.807) is 13.8 Å². The van der Waals surface area contributed by atoms with Gasteiger partial charge in [-0.3, -0.25) is 15.2 Å². The number of pyridine rings is 1. The van der Waals surface area contributed by atoms with Crippen LogP contribution in [0, 0.1) is 11.2 Å². The number of carbonyl (C=O) groups excluding carboxylic acids is 1. The van der Waals surface area contributed by atoms with Gasteiger partial charge in [-0.2, -0.15) is 0 Å². The van der Waals surface area contributed by atoms with Crippen molar-refractivity contribution in [2.24, 2.45) is 0 Å². The van der Waals surface area contributed by atoms with Gasteiger partial charge >= 0.3 is 6.36 Å². The topological polar surface area (TPSA) is 75.1 Å². The molecule has 26 heavy (non-hydrogen) atoms. The van der Waals surface area contributed by atoms with Gasteiger partial charge in [-0.15, -0.1) is 13.2 Å². The highest BCUT2D eigenvalue weighted by Crippen LogP contribution is 2.27. The van der Waals surface area contributed by atoms with Gasteiger partial charge in [0.1, 0.15) is 17.3 Å². The summed E-state index contributed by atoms with van der Waals surface area (Å²) in [5, 5.41) is 11.2. The van der Waals surface area contributed by atoms with Crippen molar-refractivity contribution >= 4 is 17.7 Å². The number of nitrogens with zero attached hydrogens (tertiary/aromatic N) is 1. The van der Waals surface area contributed by atoms with Gasteiger partial charge in [0, 0.05) is 23.4 Å². The average molecular weight is 369 g/mol. The summed E-state index contributed by atoms with van der Waals surface area (Å²) >= 11 is 0. The summed E-state index contributed by atoms with van der Waals surface area (Å²) in [7, 11) is 0. The Bertz CT molecular complexity index is 835. The van der Waals surface area contributed by atoms with E-state index < -0.39 is 29.2 Å². The van der Waals surface area contributed by atoms with Crippen LogP contribution in [-0.4, -0.2) is 29.4 Å². The first kappa shape index (κ1) is 19.4. The standard InChI is InChI=1S/C17H15F4N3O2/c1-9(2)24-14-5-10(8-25)7-23-16(14)15(22)12-6-11(3-4-13(12)18)26-17(19,20)21/h3-9,22,24H,1-2H3. The molecule has 0 saturated carbocycles. The monoisotopic (exact) mass is 369 g/mol. The van der Waals surface area contributed by atoms with E-state index in [4.69, 9.17) is 5.41 Å². The van der Waals surface area contributed by atoms with E-state index in [0.717, 1.165) is 18.2 Å². The van der Waals surface area contributed by atoms with Crippen LogP contribution in [0.2, 0.25) is 0 Å². The molecule has 0 saturated heterocycles. The van der Waals surface area contributed by atoms with Crippen LogP contribution < -0.4 is 10.1 Å². The van der Waals surface area contributed by atoms with Crippen molar-refractivity contribution in [2.75, 3.05) is 5.32 Å². The SMILES string of the molecule is CC(C)Nc1cc(C=O)cnc1C(=N)c1cc(OC(F)(F)F)ccc1F. The van der Waals surface area contributed by atoms with Crippen molar-refractivity contribution in [3.63, 3.8) is 0 Å². The fourth-order valence-corrected chi connectivity index (χ4v) is 2.19. The number of alkyl halides is 3. The molecule has 138 valence electrons. The molecule has 0 aliphatic heterocycles. The van der Waals surface area contributed by atoms with Gasteiger partial charge in [0.05, 0.1) is 11.4 Å². The maximum absolute atomic E-state index is 14.1. The van der Waals surface area contributed by atoms with Crippen LogP contribution in [0.15, 0.2) is 30.5 Å². The zero-order chi connectivity index (χ0) is 19.5. The number of aldehydes is 1. The Hall–Kier alpha value is -2.97. The zero-order valence-electron chi connectivity index (χ0n) is 13.8. The lowest BCUT2D eigenvalue weighted by molar-refractivity contribution is -0.274. The third-order valence-electron chi connectivity index (χ3n) is 3.17. The second kappa shape index (κ2) is 7.51. The Morgan fingerprint density at radius 3 is 2.58 bits per heavy atom. The molecule has 1 heterocycles. The van der Waals surface area contributed by atoms with Gasteiger partial charge in [-0.25, -0.2) is 4.39 Å². The molecule has 2 aromatic rings. The fraction of sp³-hybridized carbons (Fsp3) is 0.235. The molecule has 9 heteroatoms. The van der Waals surface area contributed by atoms with Gasteiger partial charge in [-0.05, 0) is 38.1 Å². The lowest BCUT2D eigenvalue weighted by Gasteiger charge is -2.16. The summed E-state index contributed by atoms with van der Waals surface area (Å²) in [4.78, 5) is 14.9. The number of aromatic nitrogens is 1. The molecule has 0 aliphatic carbocycles. The summed E-state index contributed by atoms with van der Waals surface area (Å²) in [5.74, 6) is -1.55. The van der Waals surface area contributed by atoms with Crippen LogP contribution in [0.3, 0.4) is 0 Å². The van der Waals surface area contributed by atoms with Gasteiger partial charge in [-0.1, -0.05) is 0 Å². The van der Waals surface area contributed by atoms with Crippen molar-refractivity contribution < 1.29 is 27.1 Å². The molecule has 2 N–H and O–H groups in total. The van der Waals surface area contributed by atoms with Crippen molar-refractivity contribution in [1.82, 2.24) is 4.98 Å². The molecular formula is C17H15F4N3O2. The second-order valence-electron chi connectivity index (χ2n) is 5.65. The summed E-state index contributed by atoms with van der Waals surface area (Å²) in [5.41, 5.74) is -0.344. The van der Waals surface area contributed by atoms with E-state index in [1.807, 2.05) is 0 Å². The lowest BCUT2D eigenvalue weighted by Crippen LogP contribution is -2.18. The highest BCUT2D eigenvalue weighted by atomic mass is 19.4. The quantitative estimate of drug-likeness (QED) is 0.455. The molecule has 0 fully saturated rings. The number of carbonyl (C=O) groups is 1. The molecule has 0 spiro atoms. The highest BCUT2D eigenvalue weighted by molar-refractivity contribution is 6.13. The van der Waals surface area contributed by atoms with Crippen LogP contribution in [0.4, 0.5) is 23.2 Å². The molecule has 1 aromatic carbocycles. The Balaban J connectivity index is 2.48. The maximum atomic E-state index is 14.1. The van der Waals surface area contributed by atoms with E-state index in [0.29, 0.717) is 6.29 Å². The van der Waals surface area contributed by atoms with Crippen molar-refractivity contribution in [3.8, 4) is 5.75 Å². The summed E-state index contributed by atoms with van der Waals surface area (Å²) in [6, 6.07) is 3.71. The van der Waals surface area contributed by atoms with Crippen molar-refractivity contribution in [3.05, 3.63) is 53.1 Å². The van der Waals surface area contributed by atoms with Gasteiger partial charge < -0.3 is 10.1 Å². The Kier molecular flexibility index (Phi) is 5.59. The molecule has 0 atom stereocenters. The highest BCUT2D eigenvalue weighted by Gasteiger charge is 2.31. The number of ether oxygens (including phenoxy) is 1. The summed E-state index contributed by atoms with van der Waals surface area (Å²) < 4.78 is 55.0. The third kappa shape index (κ3) is 4.78. The van der Waals surface area contributed by atoms with Crippen LogP contribution in [0.5, 0.6) is 5.75 Å². The number of nitrogens with one attached hydrogen (secondary N) is 2. The van der Waals surface area contributed by atoms with Crippen molar-refractivity contribution in [2.45, 2.75) is 26.3 Å². The van der Waals surface area contributed by atoms with Crippen LogP contribution in [0.1, 0.15) is 35.5 Å². The number of hydrogen-bond donors (Lipinski definition) is 2. The third-order valence-corrected chi connectivity index (χ3v) is 3.17. The van der Waals surface area contributed by atoms with E-state index in [2.05, 4.69) is 15.0 Å². The molecule has 0 amide bonds. The van der Waals surface area contributed by atoms with E-state index in [1.165, 1.54) is 12.3 Å². The molecule has 1 aromatic heterocycles. The normalized spacial score (nSPS) is 11.3.